The van der Waals surface area contributed by atoms with Gasteiger partial charge in [0, 0.05) is 13.1 Å². The molecule has 0 bridgehead atoms. The third-order valence-electron chi connectivity index (χ3n) is 4.26. The Bertz CT molecular complexity index is 487. The molecule has 1 N–H and O–H groups in total. The molecule has 124 valence electrons. The molecule has 1 aromatic rings. The Hall–Kier alpha value is -1.20. The Morgan fingerprint density at radius 3 is 2.64 bits per heavy atom. The molecular formula is C16H27ClN4O. The highest BCUT2D eigenvalue weighted by atomic mass is 35.5. The van der Waals surface area contributed by atoms with E-state index in [1.165, 1.54) is 6.42 Å². The fourth-order valence-corrected chi connectivity index (χ4v) is 2.90. The Morgan fingerprint density at radius 1 is 1.36 bits per heavy atom. The van der Waals surface area contributed by atoms with E-state index in [0.29, 0.717) is 0 Å². The molecule has 1 aromatic heterocycles. The summed E-state index contributed by atoms with van der Waals surface area (Å²) in [5, 5.41) is 11.4. The number of carbonyl (C=O) groups is 1. The predicted octanol–water partition coefficient (Wildman–Crippen LogP) is 2.23. The van der Waals surface area contributed by atoms with Gasteiger partial charge in [-0.3, -0.25) is 4.79 Å². The van der Waals surface area contributed by atoms with Gasteiger partial charge >= 0.3 is 0 Å². The van der Waals surface area contributed by atoms with Gasteiger partial charge in [-0.05, 0) is 58.2 Å². The number of nitrogens with one attached hydrogen (secondary N) is 1. The number of hydrogen-bond acceptors (Lipinski definition) is 4. The van der Waals surface area contributed by atoms with Crippen molar-refractivity contribution in [2.75, 3.05) is 26.7 Å². The van der Waals surface area contributed by atoms with Crippen molar-refractivity contribution in [3.05, 3.63) is 23.0 Å². The third kappa shape index (κ3) is 4.65. The van der Waals surface area contributed by atoms with E-state index in [1.807, 2.05) is 31.9 Å². The van der Waals surface area contributed by atoms with Crippen molar-refractivity contribution in [2.45, 2.75) is 39.5 Å². The molecule has 6 heteroatoms. The van der Waals surface area contributed by atoms with Crippen molar-refractivity contribution in [2.24, 2.45) is 5.92 Å². The summed E-state index contributed by atoms with van der Waals surface area (Å²) in [4.78, 5) is 14.7. The molecule has 0 spiro atoms. The summed E-state index contributed by atoms with van der Waals surface area (Å²) in [5.41, 5.74) is 2.35. The van der Waals surface area contributed by atoms with Gasteiger partial charge in [0.1, 0.15) is 0 Å². The second kappa shape index (κ2) is 9.06. The fourth-order valence-electron chi connectivity index (χ4n) is 2.90. The van der Waals surface area contributed by atoms with Crippen LogP contribution in [-0.4, -0.2) is 47.7 Å². The van der Waals surface area contributed by atoms with Gasteiger partial charge in [0.05, 0.1) is 17.0 Å². The van der Waals surface area contributed by atoms with E-state index in [1.54, 1.807) is 0 Å². The van der Waals surface area contributed by atoms with Crippen molar-refractivity contribution in [3.8, 4) is 0 Å². The first-order valence-corrected chi connectivity index (χ1v) is 7.92. The Morgan fingerprint density at radius 2 is 2.05 bits per heavy atom. The van der Waals surface area contributed by atoms with Crippen LogP contribution in [0.25, 0.3) is 0 Å². The first-order valence-electron chi connectivity index (χ1n) is 7.92. The zero-order valence-corrected chi connectivity index (χ0v) is 14.6. The molecule has 0 radical (unpaired) electrons. The Labute approximate surface area is 139 Å². The summed E-state index contributed by atoms with van der Waals surface area (Å²) in [6.45, 7) is 6.68. The van der Waals surface area contributed by atoms with Gasteiger partial charge in [0.15, 0.2) is 0 Å². The van der Waals surface area contributed by atoms with Gasteiger partial charge in [0.25, 0.3) is 5.91 Å². The van der Waals surface area contributed by atoms with Crippen LogP contribution < -0.4 is 5.32 Å². The van der Waals surface area contributed by atoms with E-state index in [4.69, 9.17) is 0 Å². The average Bonchev–Trinajstić information content (AvgIpc) is 2.52. The highest BCUT2D eigenvalue weighted by Crippen LogP contribution is 2.22. The van der Waals surface area contributed by atoms with Crippen molar-refractivity contribution in [1.82, 2.24) is 20.4 Å². The number of halogens is 1. The Balaban J connectivity index is 0.00000242. The van der Waals surface area contributed by atoms with E-state index in [9.17, 15) is 4.79 Å². The molecule has 0 aliphatic carbocycles. The standard InChI is InChI=1S/C16H26N4O.ClH/c1-4-15-14(11-12(2)18-19-15)16(21)20-9-6-13(7-10-20)5-8-17-3;/h11,13,17H,4-10H2,1-3H3;1H. The molecule has 0 unspecified atom stereocenters. The van der Waals surface area contributed by atoms with E-state index in [0.717, 1.165) is 61.8 Å². The lowest BCUT2D eigenvalue weighted by Crippen LogP contribution is -2.39. The van der Waals surface area contributed by atoms with Gasteiger partial charge in [-0.15, -0.1) is 12.4 Å². The van der Waals surface area contributed by atoms with E-state index in [-0.39, 0.29) is 18.3 Å². The zero-order valence-electron chi connectivity index (χ0n) is 13.8. The lowest BCUT2D eigenvalue weighted by Gasteiger charge is -2.32. The monoisotopic (exact) mass is 326 g/mol. The molecule has 1 amide bonds. The number of aryl methyl sites for hydroxylation is 2. The van der Waals surface area contributed by atoms with Crippen LogP contribution in [0.2, 0.25) is 0 Å². The van der Waals surface area contributed by atoms with Crippen LogP contribution in [0.1, 0.15) is 47.9 Å². The van der Waals surface area contributed by atoms with E-state index >= 15 is 0 Å². The maximum Gasteiger partial charge on any atom is 0.255 e. The van der Waals surface area contributed by atoms with Crippen LogP contribution in [0.4, 0.5) is 0 Å². The quantitative estimate of drug-likeness (QED) is 0.901. The molecule has 2 heterocycles. The summed E-state index contributed by atoms with van der Waals surface area (Å²) in [6.07, 6.45) is 4.15. The van der Waals surface area contributed by atoms with Crippen LogP contribution in [0.3, 0.4) is 0 Å². The van der Waals surface area contributed by atoms with Crippen molar-refractivity contribution < 1.29 is 4.79 Å². The predicted molar refractivity (Wildman–Crippen MR) is 90.6 cm³/mol. The smallest absolute Gasteiger partial charge is 0.255 e. The maximum absolute atomic E-state index is 12.7. The normalized spacial score (nSPS) is 15.5. The number of amides is 1. The van der Waals surface area contributed by atoms with Crippen molar-refractivity contribution in [3.63, 3.8) is 0 Å². The van der Waals surface area contributed by atoms with Crippen LogP contribution in [0, 0.1) is 12.8 Å². The molecule has 5 nitrogen and oxygen atoms in total. The molecule has 1 aliphatic heterocycles. The van der Waals surface area contributed by atoms with Gasteiger partial charge in [-0.1, -0.05) is 6.92 Å². The van der Waals surface area contributed by atoms with Crippen LogP contribution in [0.5, 0.6) is 0 Å². The molecule has 22 heavy (non-hydrogen) atoms. The third-order valence-corrected chi connectivity index (χ3v) is 4.26. The SMILES string of the molecule is CCc1nnc(C)cc1C(=O)N1CCC(CCNC)CC1.Cl. The van der Waals surface area contributed by atoms with Gasteiger partial charge in [-0.25, -0.2) is 0 Å². The molecule has 0 atom stereocenters. The Kier molecular flexibility index (Phi) is 7.76. The van der Waals surface area contributed by atoms with Gasteiger partial charge in [-0.2, -0.15) is 10.2 Å². The molecule has 0 aromatic carbocycles. The number of piperidine rings is 1. The molecular weight excluding hydrogens is 300 g/mol. The summed E-state index contributed by atoms with van der Waals surface area (Å²) in [7, 11) is 1.99. The minimum Gasteiger partial charge on any atom is -0.339 e. The first kappa shape index (κ1) is 18.8. The minimum absolute atomic E-state index is 0. The van der Waals surface area contributed by atoms with Crippen LogP contribution in [0.15, 0.2) is 6.07 Å². The lowest BCUT2D eigenvalue weighted by molar-refractivity contribution is 0.0685. The van der Waals surface area contributed by atoms with E-state index in [2.05, 4.69) is 15.5 Å². The molecule has 1 fully saturated rings. The maximum atomic E-state index is 12.7. The minimum atomic E-state index is 0. The molecule has 0 saturated carbocycles. The zero-order chi connectivity index (χ0) is 15.2. The molecule has 1 aliphatic rings. The topological polar surface area (TPSA) is 58.1 Å². The van der Waals surface area contributed by atoms with E-state index < -0.39 is 0 Å². The summed E-state index contributed by atoms with van der Waals surface area (Å²) in [5.74, 6) is 0.862. The van der Waals surface area contributed by atoms with Crippen LogP contribution >= 0.6 is 12.4 Å². The number of aromatic nitrogens is 2. The van der Waals surface area contributed by atoms with Crippen LogP contribution in [-0.2, 0) is 6.42 Å². The number of hydrogen-bond donors (Lipinski definition) is 1. The first-order chi connectivity index (χ1) is 10.2. The van der Waals surface area contributed by atoms with Crippen molar-refractivity contribution in [1.29, 1.82) is 0 Å². The fraction of sp³-hybridized carbons (Fsp3) is 0.688. The summed E-state index contributed by atoms with van der Waals surface area (Å²) in [6, 6.07) is 1.88. The highest BCUT2D eigenvalue weighted by molar-refractivity contribution is 5.95. The number of nitrogens with zero attached hydrogens (tertiary/aromatic N) is 3. The molecule has 1 saturated heterocycles. The second-order valence-corrected chi connectivity index (χ2v) is 5.83. The van der Waals surface area contributed by atoms with Gasteiger partial charge in [0.2, 0.25) is 0 Å². The second-order valence-electron chi connectivity index (χ2n) is 5.83. The highest BCUT2D eigenvalue weighted by Gasteiger charge is 2.25. The average molecular weight is 327 g/mol. The lowest BCUT2D eigenvalue weighted by atomic mass is 9.93. The summed E-state index contributed by atoms with van der Waals surface area (Å²) < 4.78 is 0. The van der Waals surface area contributed by atoms with Gasteiger partial charge < -0.3 is 10.2 Å². The molecule has 2 rings (SSSR count). The van der Waals surface area contributed by atoms with Crippen molar-refractivity contribution >= 4 is 18.3 Å². The number of likely N-dealkylation sites (tertiary alicyclic amines) is 1. The number of rotatable bonds is 5. The number of carbonyl (C=O) groups excluding carboxylic acids is 1. The summed E-state index contributed by atoms with van der Waals surface area (Å²) >= 11 is 0. The largest absolute Gasteiger partial charge is 0.339 e.